The van der Waals surface area contributed by atoms with Crippen LogP contribution in [0.1, 0.15) is 6.92 Å². The minimum Gasteiger partial charge on any atom is -0.368 e. The molecule has 14 heavy (non-hydrogen) atoms. The Balaban J connectivity index is 2.21. The number of epoxide rings is 1. The first-order valence-corrected chi connectivity index (χ1v) is 4.80. The van der Waals surface area contributed by atoms with Crippen LogP contribution in [0, 0.1) is 10.1 Å². The van der Waals surface area contributed by atoms with Gasteiger partial charge in [-0.2, -0.15) is 0 Å². The first kappa shape index (κ1) is 9.60. The highest BCUT2D eigenvalue weighted by molar-refractivity contribution is 9.10. The highest BCUT2D eigenvalue weighted by atomic mass is 79.9. The zero-order chi connectivity index (χ0) is 10.3. The summed E-state index contributed by atoms with van der Waals surface area (Å²) in [5.74, 6) is -0.152. The lowest BCUT2D eigenvalue weighted by molar-refractivity contribution is -0.389. The molecular weight excluding hydrogens is 254 g/mol. The first-order chi connectivity index (χ1) is 6.50. The van der Waals surface area contributed by atoms with E-state index in [1.165, 1.54) is 6.20 Å². The summed E-state index contributed by atoms with van der Waals surface area (Å²) in [6.45, 7) is 3.21. The van der Waals surface area contributed by atoms with Crippen LogP contribution in [0.25, 0.3) is 0 Å². The summed E-state index contributed by atoms with van der Waals surface area (Å²) in [6.07, 6.45) is 1.40. The van der Waals surface area contributed by atoms with Crippen molar-refractivity contribution in [3.63, 3.8) is 0 Å². The van der Waals surface area contributed by atoms with Crippen LogP contribution in [0.15, 0.2) is 10.9 Å². The number of halogens is 1. The van der Waals surface area contributed by atoms with Crippen molar-refractivity contribution in [1.29, 1.82) is 0 Å². The molecule has 0 spiro atoms. The van der Waals surface area contributed by atoms with E-state index in [1.807, 2.05) is 6.92 Å². The third-order valence-electron chi connectivity index (χ3n) is 2.04. The molecule has 2 rings (SSSR count). The molecule has 6 nitrogen and oxygen atoms in total. The van der Waals surface area contributed by atoms with Gasteiger partial charge in [0.1, 0.15) is 11.8 Å². The van der Waals surface area contributed by atoms with Gasteiger partial charge in [0, 0.05) is 15.9 Å². The Hall–Kier alpha value is -0.950. The van der Waals surface area contributed by atoms with Gasteiger partial charge in [-0.25, -0.2) is 0 Å². The maximum Gasteiger partial charge on any atom is 0.382 e. The molecule has 7 heteroatoms. The number of hydrogen-bond acceptors (Lipinski definition) is 4. The highest BCUT2D eigenvalue weighted by Gasteiger charge is 2.40. The minimum atomic E-state index is -0.517. The molecule has 0 amide bonds. The summed E-state index contributed by atoms with van der Waals surface area (Å²) in [7, 11) is 0. The number of nitro groups is 1. The van der Waals surface area contributed by atoms with Gasteiger partial charge in [0.15, 0.2) is 0 Å². The summed E-state index contributed by atoms with van der Waals surface area (Å²) < 4.78 is 7.32. The van der Waals surface area contributed by atoms with Crippen LogP contribution in [0.4, 0.5) is 5.82 Å². The molecule has 1 aromatic rings. The fourth-order valence-electron chi connectivity index (χ4n) is 1.15. The number of nitrogens with zero attached hydrogens (tertiary/aromatic N) is 3. The summed E-state index contributed by atoms with van der Waals surface area (Å²) >= 11 is 3.16. The molecule has 2 heterocycles. The summed E-state index contributed by atoms with van der Waals surface area (Å²) in [5, 5.41) is 10.4. The topological polar surface area (TPSA) is 73.5 Å². The van der Waals surface area contributed by atoms with E-state index >= 15 is 0 Å². The normalized spacial score (nSPS) is 25.0. The number of imidazole rings is 1. The molecule has 1 aromatic heterocycles. The number of rotatable bonds is 3. The molecule has 0 radical (unpaired) electrons. The predicted molar refractivity (Wildman–Crippen MR) is 50.9 cm³/mol. The molecule has 0 unspecified atom stereocenters. The van der Waals surface area contributed by atoms with E-state index in [2.05, 4.69) is 20.9 Å². The van der Waals surface area contributed by atoms with Gasteiger partial charge in [0.25, 0.3) is 4.73 Å². The standard InChI is InChI=1S/C7H8BrN3O3/c1-7(4-14-7)3-10-2-5(11(12)13)9-6(10)8/h2H,3-4H2,1H3/t7-/m0/s1. The zero-order valence-corrected chi connectivity index (χ0v) is 9.02. The zero-order valence-electron chi connectivity index (χ0n) is 7.44. The number of hydrogen-bond donors (Lipinski definition) is 0. The molecule has 0 N–H and O–H groups in total. The number of aromatic nitrogens is 2. The minimum absolute atomic E-state index is 0.152. The van der Waals surface area contributed by atoms with E-state index in [1.54, 1.807) is 4.57 Å². The van der Waals surface area contributed by atoms with Crippen molar-refractivity contribution in [2.75, 3.05) is 6.61 Å². The average molecular weight is 262 g/mol. The average Bonchev–Trinajstić information content (AvgIpc) is 2.69. The number of ether oxygens (including phenoxy) is 1. The third kappa shape index (κ3) is 1.78. The van der Waals surface area contributed by atoms with Crippen LogP contribution in [-0.2, 0) is 11.3 Å². The maximum atomic E-state index is 10.4. The van der Waals surface area contributed by atoms with Gasteiger partial charge in [-0.05, 0) is 16.8 Å². The molecule has 0 saturated carbocycles. The van der Waals surface area contributed by atoms with Crippen molar-refractivity contribution >= 4 is 21.7 Å². The van der Waals surface area contributed by atoms with Gasteiger partial charge in [-0.15, -0.1) is 0 Å². The van der Waals surface area contributed by atoms with E-state index in [-0.39, 0.29) is 11.4 Å². The van der Waals surface area contributed by atoms with Gasteiger partial charge >= 0.3 is 5.82 Å². The quantitative estimate of drug-likeness (QED) is 0.468. The second kappa shape index (κ2) is 3.03. The van der Waals surface area contributed by atoms with E-state index in [0.29, 0.717) is 17.9 Å². The lowest BCUT2D eigenvalue weighted by Gasteiger charge is -2.04. The predicted octanol–water partition coefficient (Wildman–Crippen LogP) is 1.34. The fourth-order valence-corrected chi connectivity index (χ4v) is 1.56. The lowest BCUT2D eigenvalue weighted by atomic mass is 10.2. The highest BCUT2D eigenvalue weighted by Crippen LogP contribution is 2.30. The van der Waals surface area contributed by atoms with Gasteiger partial charge < -0.3 is 14.9 Å². The fraction of sp³-hybridized carbons (Fsp3) is 0.571. The molecule has 1 aliphatic rings. The smallest absolute Gasteiger partial charge is 0.368 e. The van der Waals surface area contributed by atoms with Crippen LogP contribution < -0.4 is 0 Å². The van der Waals surface area contributed by atoms with Crippen LogP contribution in [0.5, 0.6) is 0 Å². The summed E-state index contributed by atoms with van der Waals surface area (Å²) in [6, 6.07) is 0. The van der Waals surface area contributed by atoms with E-state index in [0.717, 1.165) is 0 Å². The lowest BCUT2D eigenvalue weighted by Crippen LogP contribution is -2.14. The van der Waals surface area contributed by atoms with Crippen molar-refractivity contribution in [2.24, 2.45) is 0 Å². The van der Waals surface area contributed by atoms with E-state index < -0.39 is 4.92 Å². The molecule has 1 saturated heterocycles. The second-order valence-corrected chi connectivity index (χ2v) is 4.20. The van der Waals surface area contributed by atoms with Gasteiger partial charge in [-0.3, -0.25) is 4.57 Å². The second-order valence-electron chi connectivity index (χ2n) is 3.49. The van der Waals surface area contributed by atoms with Gasteiger partial charge in [0.05, 0.1) is 13.2 Å². The van der Waals surface area contributed by atoms with Crippen molar-refractivity contribution < 1.29 is 9.66 Å². The monoisotopic (exact) mass is 261 g/mol. The van der Waals surface area contributed by atoms with Gasteiger partial charge in [0.2, 0.25) is 0 Å². The molecule has 0 aliphatic carbocycles. The Labute approximate surface area is 88.2 Å². The Kier molecular flexibility index (Phi) is 2.07. The van der Waals surface area contributed by atoms with Crippen molar-refractivity contribution in [3.05, 3.63) is 21.0 Å². The van der Waals surface area contributed by atoms with Crippen molar-refractivity contribution in [1.82, 2.24) is 9.55 Å². The molecule has 1 fully saturated rings. The molecule has 0 bridgehead atoms. The SMILES string of the molecule is C[C@]1(Cn2cc([N+](=O)[O-])nc2Br)CO1. The van der Waals surface area contributed by atoms with Crippen LogP contribution in [0.2, 0.25) is 0 Å². The molecule has 76 valence electrons. The molecule has 1 aliphatic heterocycles. The maximum absolute atomic E-state index is 10.4. The van der Waals surface area contributed by atoms with E-state index in [9.17, 15) is 10.1 Å². The van der Waals surface area contributed by atoms with Crippen LogP contribution in [-0.4, -0.2) is 26.7 Å². The van der Waals surface area contributed by atoms with Crippen molar-refractivity contribution in [2.45, 2.75) is 19.1 Å². The van der Waals surface area contributed by atoms with Crippen LogP contribution >= 0.6 is 15.9 Å². The van der Waals surface area contributed by atoms with Crippen LogP contribution in [0.3, 0.4) is 0 Å². The third-order valence-corrected chi connectivity index (χ3v) is 2.68. The van der Waals surface area contributed by atoms with E-state index in [4.69, 9.17) is 4.74 Å². The Morgan fingerprint density at radius 1 is 1.93 bits per heavy atom. The molecule has 0 aromatic carbocycles. The Morgan fingerprint density at radius 3 is 3.00 bits per heavy atom. The molecule has 1 atom stereocenters. The molecular formula is C7H8BrN3O3. The Bertz CT molecular complexity index is 386. The Morgan fingerprint density at radius 2 is 2.57 bits per heavy atom. The largest absolute Gasteiger partial charge is 0.382 e. The first-order valence-electron chi connectivity index (χ1n) is 4.01. The van der Waals surface area contributed by atoms with Gasteiger partial charge in [-0.1, -0.05) is 0 Å². The van der Waals surface area contributed by atoms with Crippen molar-refractivity contribution in [3.8, 4) is 0 Å². The summed E-state index contributed by atoms with van der Waals surface area (Å²) in [5.41, 5.74) is -0.183. The summed E-state index contributed by atoms with van der Waals surface area (Å²) in [4.78, 5) is 13.7.